The number of aliphatic hydroxyl groups excluding tert-OH is 1. The van der Waals surface area contributed by atoms with E-state index in [-0.39, 0.29) is 12.4 Å². The number of ether oxygens (including phenoxy) is 1. The van der Waals surface area contributed by atoms with Crippen LogP contribution in [0.1, 0.15) is 43.7 Å². The van der Waals surface area contributed by atoms with Crippen molar-refractivity contribution in [2.24, 2.45) is 0 Å². The smallest absolute Gasteiger partial charge is 0.407 e. The first-order valence-electron chi connectivity index (χ1n) is 10.1. The van der Waals surface area contributed by atoms with Gasteiger partial charge in [0.25, 0.3) is 0 Å². The molecule has 158 valence electrons. The zero-order valence-electron chi connectivity index (χ0n) is 17.2. The van der Waals surface area contributed by atoms with Crippen LogP contribution in [0.5, 0.6) is 0 Å². The molecule has 0 heterocycles. The molecule has 0 aromatic heterocycles. The summed E-state index contributed by atoms with van der Waals surface area (Å²) in [6.45, 7) is 4.23. The maximum Gasteiger partial charge on any atom is 0.407 e. The fourth-order valence-corrected chi connectivity index (χ4v) is 4.12. The third kappa shape index (κ3) is 8.38. The number of benzene rings is 2. The lowest BCUT2D eigenvalue weighted by atomic mass is 10.0. The van der Waals surface area contributed by atoms with Gasteiger partial charge in [-0.2, -0.15) is 0 Å². The van der Waals surface area contributed by atoms with Crippen molar-refractivity contribution >= 4 is 16.9 Å². The van der Waals surface area contributed by atoms with E-state index in [1.807, 2.05) is 61.5 Å². The van der Waals surface area contributed by atoms with E-state index in [0.29, 0.717) is 11.3 Å². The van der Waals surface area contributed by atoms with Crippen molar-refractivity contribution in [1.82, 2.24) is 5.32 Å². The van der Waals surface area contributed by atoms with E-state index in [1.54, 1.807) is 0 Å². The van der Waals surface area contributed by atoms with Gasteiger partial charge < -0.3 is 15.2 Å². The number of hydrogen-bond acceptors (Lipinski definition) is 4. The Morgan fingerprint density at radius 1 is 1.10 bits per heavy atom. The Labute approximate surface area is 175 Å². The molecule has 1 amide bonds. The Balaban J connectivity index is 1.93. The SMILES string of the molecule is CCCCC[C@@H](NC(=O)OCc1ccccc1)[C@H](O)CS(=O)c1ccc(C)cc1. The summed E-state index contributed by atoms with van der Waals surface area (Å²) < 4.78 is 17.9. The third-order valence-corrected chi connectivity index (χ3v) is 6.15. The molecule has 29 heavy (non-hydrogen) atoms. The minimum Gasteiger partial charge on any atom is -0.445 e. The van der Waals surface area contributed by atoms with Gasteiger partial charge in [-0.25, -0.2) is 4.79 Å². The van der Waals surface area contributed by atoms with Crippen LogP contribution in [0.4, 0.5) is 4.79 Å². The first-order valence-corrected chi connectivity index (χ1v) is 11.4. The topological polar surface area (TPSA) is 75.6 Å². The van der Waals surface area contributed by atoms with Crippen LogP contribution in [0.25, 0.3) is 0 Å². The number of aliphatic hydroxyl groups is 1. The Bertz CT molecular complexity index is 764. The molecular weight excluding hydrogens is 386 g/mol. The molecule has 2 aromatic rings. The Kier molecular flexibility index (Phi) is 9.88. The average Bonchev–Trinajstić information content (AvgIpc) is 2.72. The van der Waals surface area contributed by atoms with Crippen LogP contribution in [0, 0.1) is 6.92 Å². The molecule has 5 nitrogen and oxygen atoms in total. The van der Waals surface area contributed by atoms with Crippen LogP contribution in [0.15, 0.2) is 59.5 Å². The van der Waals surface area contributed by atoms with Crippen LogP contribution >= 0.6 is 0 Å². The van der Waals surface area contributed by atoms with E-state index in [2.05, 4.69) is 12.2 Å². The summed E-state index contributed by atoms with van der Waals surface area (Å²) in [5.41, 5.74) is 1.98. The van der Waals surface area contributed by atoms with Crippen molar-refractivity contribution < 1.29 is 18.8 Å². The molecule has 0 aliphatic rings. The van der Waals surface area contributed by atoms with Gasteiger partial charge in [-0.05, 0) is 31.0 Å². The highest BCUT2D eigenvalue weighted by molar-refractivity contribution is 7.85. The van der Waals surface area contributed by atoms with Gasteiger partial charge in [-0.3, -0.25) is 4.21 Å². The highest BCUT2D eigenvalue weighted by atomic mass is 32.2. The fraction of sp³-hybridized carbons (Fsp3) is 0.435. The summed E-state index contributed by atoms with van der Waals surface area (Å²) in [5, 5.41) is 13.4. The molecule has 0 fully saturated rings. The second kappa shape index (κ2) is 12.4. The van der Waals surface area contributed by atoms with E-state index < -0.39 is 29.0 Å². The number of alkyl carbamates (subject to hydrolysis) is 1. The van der Waals surface area contributed by atoms with E-state index in [4.69, 9.17) is 4.74 Å². The molecule has 0 aliphatic heterocycles. The van der Waals surface area contributed by atoms with E-state index in [1.165, 1.54) is 0 Å². The Morgan fingerprint density at radius 3 is 2.45 bits per heavy atom. The lowest BCUT2D eigenvalue weighted by molar-refractivity contribution is 0.107. The maximum absolute atomic E-state index is 12.6. The number of nitrogens with one attached hydrogen (secondary N) is 1. The van der Waals surface area contributed by atoms with Crippen LogP contribution in [-0.2, 0) is 22.1 Å². The van der Waals surface area contributed by atoms with Gasteiger partial charge in [-0.15, -0.1) is 0 Å². The monoisotopic (exact) mass is 417 g/mol. The predicted molar refractivity (Wildman–Crippen MR) is 116 cm³/mol. The quantitative estimate of drug-likeness (QED) is 0.533. The van der Waals surface area contributed by atoms with E-state index in [0.717, 1.165) is 30.4 Å². The molecule has 6 heteroatoms. The van der Waals surface area contributed by atoms with E-state index in [9.17, 15) is 14.1 Å². The molecule has 0 aliphatic carbocycles. The van der Waals surface area contributed by atoms with Gasteiger partial charge in [0.1, 0.15) is 6.61 Å². The number of amides is 1. The van der Waals surface area contributed by atoms with Crippen LogP contribution in [0.2, 0.25) is 0 Å². The summed E-state index contributed by atoms with van der Waals surface area (Å²) in [6, 6.07) is 16.4. The summed E-state index contributed by atoms with van der Waals surface area (Å²) in [6.07, 6.45) is 2.03. The second-order valence-electron chi connectivity index (χ2n) is 7.20. The molecule has 1 unspecified atom stereocenters. The van der Waals surface area contributed by atoms with Crippen LogP contribution in [0.3, 0.4) is 0 Å². The van der Waals surface area contributed by atoms with Crippen LogP contribution in [-0.4, -0.2) is 33.3 Å². The summed E-state index contributed by atoms with van der Waals surface area (Å²) in [4.78, 5) is 12.9. The Hall–Kier alpha value is -2.18. The Morgan fingerprint density at radius 2 is 1.79 bits per heavy atom. The zero-order valence-corrected chi connectivity index (χ0v) is 18.0. The molecule has 2 aromatic carbocycles. The fourth-order valence-electron chi connectivity index (χ4n) is 2.95. The number of carbonyl (C=O) groups excluding carboxylic acids is 1. The van der Waals surface area contributed by atoms with Crippen molar-refractivity contribution in [3.05, 3.63) is 65.7 Å². The molecule has 0 saturated carbocycles. The molecule has 0 radical (unpaired) electrons. The van der Waals surface area contributed by atoms with E-state index >= 15 is 0 Å². The minimum atomic E-state index is -1.34. The highest BCUT2D eigenvalue weighted by Crippen LogP contribution is 2.14. The van der Waals surface area contributed by atoms with Crippen molar-refractivity contribution in [3.63, 3.8) is 0 Å². The van der Waals surface area contributed by atoms with Crippen molar-refractivity contribution in [2.45, 2.75) is 63.2 Å². The average molecular weight is 418 g/mol. The summed E-state index contributed by atoms with van der Waals surface area (Å²) >= 11 is 0. The van der Waals surface area contributed by atoms with Gasteiger partial charge in [0, 0.05) is 4.90 Å². The van der Waals surface area contributed by atoms with Gasteiger partial charge in [0.05, 0.1) is 28.7 Å². The standard InChI is InChI=1S/C23H31NO4S/c1-3-4-6-11-21(24-23(26)28-16-19-9-7-5-8-10-19)22(25)17-29(27)20-14-12-18(2)13-15-20/h5,7-10,12-15,21-22,25H,3-4,6,11,16-17H2,1-2H3,(H,24,26)/t21-,22-,29?/m1/s1. The zero-order chi connectivity index (χ0) is 21.1. The van der Waals surface area contributed by atoms with Gasteiger partial charge in [0.2, 0.25) is 0 Å². The predicted octanol–water partition coefficient (Wildman–Crippen LogP) is 4.34. The van der Waals surface area contributed by atoms with Gasteiger partial charge in [0.15, 0.2) is 0 Å². The lowest BCUT2D eigenvalue weighted by Gasteiger charge is -2.24. The lowest BCUT2D eigenvalue weighted by Crippen LogP contribution is -2.45. The molecule has 2 rings (SSSR count). The largest absolute Gasteiger partial charge is 0.445 e. The van der Waals surface area contributed by atoms with Crippen molar-refractivity contribution in [1.29, 1.82) is 0 Å². The molecule has 3 atom stereocenters. The normalized spacial score (nSPS) is 14.0. The first-order chi connectivity index (χ1) is 14.0. The maximum atomic E-state index is 12.6. The van der Waals surface area contributed by atoms with Crippen molar-refractivity contribution in [2.75, 3.05) is 5.75 Å². The molecule has 2 N–H and O–H groups in total. The number of hydrogen-bond donors (Lipinski definition) is 2. The molecular formula is C23H31NO4S. The molecule has 0 bridgehead atoms. The summed E-state index contributed by atoms with van der Waals surface area (Å²) in [5.74, 6) is 0.0683. The first kappa shape index (κ1) is 23.1. The number of aryl methyl sites for hydroxylation is 1. The number of unbranched alkanes of at least 4 members (excludes halogenated alkanes) is 2. The molecule has 0 spiro atoms. The minimum absolute atomic E-state index is 0.0683. The second-order valence-corrected chi connectivity index (χ2v) is 8.70. The van der Waals surface area contributed by atoms with Crippen molar-refractivity contribution in [3.8, 4) is 0 Å². The molecule has 0 saturated heterocycles. The third-order valence-electron chi connectivity index (χ3n) is 4.71. The summed E-state index contributed by atoms with van der Waals surface area (Å²) in [7, 11) is -1.34. The van der Waals surface area contributed by atoms with Crippen LogP contribution < -0.4 is 5.32 Å². The van der Waals surface area contributed by atoms with Gasteiger partial charge >= 0.3 is 6.09 Å². The number of rotatable bonds is 11. The number of carbonyl (C=O) groups is 1. The highest BCUT2D eigenvalue weighted by Gasteiger charge is 2.24. The van der Waals surface area contributed by atoms with Gasteiger partial charge in [-0.1, -0.05) is 74.2 Å².